The zero-order chi connectivity index (χ0) is 16.2. The van der Waals surface area contributed by atoms with Gasteiger partial charge < -0.3 is 4.90 Å². The highest BCUT2D eigenvalue weighted by Gasteiger charge is 2.24. The summed E-state index contributed by atoms with van der Waals surface area (Å²) < 4.78 is 0. The normalized spacial score (nSPS) is 15.8. The summed E-state index contributed by atoms with van der Waals surface area (Å²) in [5.41, 5.74) is 3.36. The summed E-state index contributed by atoms with van der Waals surface area (Å²) in [6.45, 7) is 5.81. The first-order valence-corrected chi connectivity index (χ1v) is 9.27. The molecular formula is C19H24N2OS. The Hall–Kier alpha value is -1.68. The number of carbonyl (C=O) groups is 1. The predicted molar refractivity (Wildman–Crippen MR) is 95.0 cm³/mol. The average molecular weight is 328 g/mol. The summed E-state index contributed by atoms with van der Waals surface area (Å²) in [4.78, 5) is 18.7. The Morgan fingerprint density at radius 2 is 1.91 bits per heavy atom. The number of thiazole rings is 1. The minimum Gasteiger partial charge on any atom is -0.337 e. The van der Waals surface area contributed by atoms with Crippen LogP contribution in [0, 0.1) is 19.8 Å². The molecule has 23 heavy (non-hydrogen) atoms. The molecule has 0 unspecified atom stereocenters. The second-order valence-electron chi connectivity index (χ2n) is 6.51. The van der Waals surface area contributed by atoms with Crippen LogP contribution in [0.2, 0.25) is 0 Å². The van der Waals surface area contributed by atoms with E-state index in [4.69, 9.17) is 0 Å². The van der Waals surface area contributed by atoms with Gasteiger partial charge in [-0.1, -0.05) is 29.8 Å². The van der Waals surface area contributed by atoms with Crippen LogP contribution in [-0.4, -0.2) is 28.9 Å². The van der Waals surface area contributed by atoms with Crippen molar-refractivity contribution in [1.82, 2.24) is 9.88 Å². The number of aryl methyl sites for hydroxylation is 3. The van der Waals surface area contributed by atoms with Gasteiger partial charge in [0.15, 0.2) is 0 Å². The van der Waals surface area contributed by atoms with Gasteiger partial charge in [0.25, 0.3) is 5.91 Å². The van der Waals surface area contributed by atoms with Crippen molar-refractivity contribution >= 4 is 17.2 Å². The number of rotatable bonds is 4. The van der Waals surface area contributed by atoms with Crippen LogP contribution < -0.4 is 0 Å². The molecule has 1 saturated heterocycles. The molecular weight excluding hydrogens is 304 g/mol. The van der Waals surface area contributed by atoms with Crippen LogP contribution in [0.25, 0.3) is 0 Å². The van der Waals surface area contributed by atoms with Gasteiger partial charge in [0.05, 0.1) is 5.01 Å². The fourth-order valence-electron chi connectivity index (χ4n) is 3.17. The number of amides is 1. The molecule has 1 aliphatic rings. The molecule has 3 nitrogen and oxygen atoms in total. The first-order chi connectivity index (χ1) is 11.1. The summed E-state index contributed by atoms with van der Waals surface area (Å²) in [6, 6.07) is 8.84. The minimum atomic E-state index is 0.103. The molecule has 0 atom stereocenters. The quantitative estimate of drug-likeness (QED) is 0.841. The van der Waals surface area contributed by atoms with Crippen molar-refractivity contribution in [2.75, 3.05) is 13.1 Å². The van der Waals surface area contributed by atoms with E-state index in [-0.39, 0.29) is 5.91 Å². The Balaban J connectivity index is 1.46. The van der Waals surface area contributed by atoms with Gasteiger partial charge in [-0.15, -0.1) is 11.3 Å². The van der Waals surface area contributed by atoms with Gasteiger partial charge in [-0.3, -0.25) is 4.79 Å². The number of piperidine rings is 1. The van der Waals surface area contributed by atoms with Gasteiger partial charge in [0.1, 0.15) is 5.69 Å². The van der Waals surface area contributed by atoms with Crippen LogP contribution >= 0.6 is 11.3 Å². The highest BCUT2D eigenvalue weighted by atomic mass is 32.1. The van der Waals surface area contributed by atoms with E-state index in [1.165, 1.54) is 17.5 Å². The van der Waals surface area contributed by atoms with E-state index in [0.717, 1.165) is 43.3 Å². The monoisotopic (exact) mass is 328 g/mol. The summed E-state index contributed by atoms with van der Waals surface area (Å²) in [5.74, 6) is 0.837. The maximum atomic E-state index is 12.4. The van der Waals surface area contributed by atoms with Gasteiger partial charge in [-0.25, -0.2) is 4.98 Å². The lowest BCUT2D eigenvalue weighted by atomic mass is 9.90. The molecule has 4 heteroatoms. The molecule has 1 fully saturated rings. The van der Waals surface area contributed by atoms with Crippen LogP contribution in [0.4, 0.5) is 0 Å². The third-order valence-corrected chi connectivity index (χ3v) is 5.48. The van der Waals surface area contributed by atoms with Gasteiger partial charge >= 0.3 is 0 Å². The van der Waals surface area contributed by atoms with E-state index in [2.05, 4.69) is 36.2 Å². The third-order valence-electron chi connectivity index (χ3n) is 4.70. The second kappa shape index (κ2) is 7.26. The topological polar surface area (TPSA) is 33.2 Å². The predicted octanol–water partition coefficient (Wildman–Crippen LogP) is 4.24. The lowest BCUT2D eigenvalue weighted by Gasteiger charge is -2.31. The van der Waals surface area contributed by atoms with E-state index < -0.39 is 0 Å². The SMILES string of the molecule is Cc1ccc(CCC2CCN(C(=O)c3csc(C)n3)CC2)cc1. The van der Waals surface area contributed by atoms with E-state index >= 15 is 0 Å². The number of hydrogen-bond acceptors (Lipinski definition) is 3. The number of aromatic nitrogens is 1. The standard InChI is InChI=1S/C19H24N2OS/c1-14-3-5-16(6-4-14)7-8-17-9-11-21(12-10-17)19(22)18-13-23-15(2)20-18/h3-6,13,17H,7-12H2,1-2H3. The summed E-state index contributed by atoms with van der Waals surface area (Å²) in [6.07, 6.45) is 4.59. The number of nitrogens with zero attached hydrogens (tertiary/aromatic N) is 2. The molecule has 0 spiro atoms. The molecule has 0 aliphatic carbocycles. The summed E-state index contributed by atoms with van der Waals surface area (Å²) >= 11 is 1.55. The number of carbonyl (C=O) groups excluding carboxylic acids is 1. The van der Waals surface area contributed by atoms with E-state index in [1.54, 1.807) is 11.3 Å². The van der Waals surface area contributed by atoms with Gasteiger partial charge in [0, 0.05) is 18.5 Å². The van der Waals surface area contributed by atoms with E-state index in [1.807, 2.05) is 17.2 Å². The van der Waals surface area contributed by atoms with E-state index in [9.17, 15) is 4.79 Å². The zero-order valence-electron chi connectivity index (χ0n) is 13.9. The van der Waals surface area contributed by atoms with Gasteiger partial charge in [-0.05, 0) is 51.0 Å². The fourth-order valence-corrected chi connectivity index (χ4v) is 3.76. The van der Waals surface area contributed by atoms with E-state index in [0.29, 0.717) is 5.69 Å². The fraction of sp³-hybridized carbons (Fsp3) is 0.474. The minimum absolute atomic E-state index is 0.103. The average Bonchev–Trinajstić information content (AvgIpc) is 3.01. The van der Waals surface area contributed by atoms with Crippen LogP contribution in [0.5, 0.6) is 0 Å². The van der Waals surface area contributed by atoms with Crippen LogP contribution in [-0.2, 0) is 6.42 Å². The Labute approximate surface area is 142 Å². The van der Waals surface area contributed by atoms with Gasteiger partial charge in [-0.2, -0.15) is 0 Å². The second-order valence-corrected chi connectivity index (χ2v) is 7.57. The molecule has 2 aromatic rings. The van der Waals surface area contributed by atoms with Crippen LogP contribution in [0.3, 0.4) is 0 Å². The van der Waals surface area contributed by atoms with Crippen molar-refractivity contribution in [2.24, 2.45) is 5.92 Å². The molecule has 3 rings (SSSR count). The molecule has 0 N–H and O–H groups in total. The van der Waals surface area contributed by atoms with Crippen molar-refractivity contribution in [3.8, 4) is 0 Å². The lowest BCUT2D eigenvalue weighted by Crippen LogP contribution is -2.38. The van der Waals surface area contributed by atoms with Crippen molar-refractivity contribution < 1.29 is 4.79 Å². The molecule has 122 valence electrons. The summed E-state index contributed by atoms with van der Waals surface area (Å²) in [5, 5.41) is 2.84. The highest BCUT2D eigenvalue weighted by molar-refractivity contribution is 7.09. The number of benzene rings is 1. The first kappa shape index (κ1) is 16.2. The maximum absolute atomic E-state index is 12.4. The smallest absolute Gasteiger partial charge is 0.273 e. The van der Waals surface area contributed by atoms with Crippen molar-refractivity contribution in [1.29, 1.82) is 0 Å². The molecule has 1 aromatic carbocycles. The number of hydrogen-bond donors (Lipinski definition) is 0. The molecule has 1 aliphatic heterocycles. The van der Waals surface area contributed by atoms with Crippen LogP contribution in [0.1, 0.15) is 45.9 Å². The Morgan fingerprint density at radius 1 is 1.22 bits per heavy atom. The zero-order valence-corrected chi connectivity index (χ0v) is 14.7. The molecule has 1 amide bonds. The van der Waals surface area contributed by atoms with Crippen molar-refractivity contribution in [2.45, 2.75) is 39.5 Å². The maximum Gasteiger partial charge on any atom is 0.273 e. The highest BCUT2D eigenvalue weighted by Crippen LogP contribution is 2.24. The lowest BCUT2D eigenvalue weighted by molar-refractivity contribution is 0.0681. The third kappa shape index (κ3) is 4.20. The van der Waals surface area contributed by atoms with Gasteiger partial charge in [0.2, 0.25) is 0 Å². The first-order valence-electron chi connectivity index (χ1n) is 8.39. The molecule has 1 aromatic heterocycles. The number of likely N-dealkylation sites (tertiary alicyclic amines) is 1. The largest absolute Gasteiger partial charge is 0.337 e. The molecule has 0 saturated carbocycles. The van der Waals surface area contributed by atoms with Crippen molar-refractivity contribution in [3.05, 3.63) is 51.5 Å². The molecule has 0 bridgehead atoms. The molecule has 0 radical (unpaired) electrons. The Kier molecular flexibility index (Phi) is 5.11. The Bertz CT molecular complexity index is 654. The summed E-state index contributed by atoms with van der Waals surface area (Å²) in [7, 11) is 0. The van der Waals surface area contributed by atoms with Crippen LogP contribution in [0.15, 0.2) is 29.6 Å². The Morgan fingerprint density at radius 3 is 2.52 bits per heavy atom. The van der Waals surface area contributed by atoms with Crippen molar-refractivity contribution in [3.63, 3.8) is 0 Å². The molecule has 2 heterocycles.